The molecule has 1 aromatic heterocycles. The van der Waals surface area contributed by atoms with Crippen LogP contribution >= 0.6 is 0 Å². The first kappa shape index (κ1) is 19.5. The van der Waals surface area contributed by atoms with E-state index in [1.54, 1.807) is 0 Å². The number of hydrogen-bond acceptors (Lipinski definition) is 0. The minimum Gasteiger partial charge on any atom is -0.163 e. The molecule has 1 aliphatic carbocycles. The van der Waals surface area contributed by atoms with Gasteiger partial charge in [-0.25, -0.2) is 0 Å². The monoisotopic (exact) mass is 416 g/mol. The SMILES string of the molecule is C=C1[n+]2ccc3ccccc3c2-c2cc3c(cc2C1(CC)CC)-c1ccccc1C3(C)C. The Balaban J connectivity index is 1.79. The molecule has 0 radical (unpaired) electrons. The standard InChI is InChI=1S/C31H30N/c1-6-31(7-2)20(3)32-17-16-21-12-8-9-13-22(21)29(32)25-19-27-24(18-28(25)31)23-14-10-11-15-26(23)30(27,4)5/h8-19H,3,6-7H2,1-2,4-5H3/q+1. The Kier molecular flexibility index (Phi) is 3.91. The number of pyridine rings is 1. The van der Waals surface area contributed by atoms with E-state index in [0.29, 0.717) is 0 Å². The van der Waals surface area contributed by atoms with Crippen LogP contribution in [0.25, 0.3) is 38.9 Å². The molecular weight excluding hydrogens is 386 g/mol. The highest BCUT2D eigenvalue weighted by Crippen LogP contribution is 2.55. The maximum absolute atomic E-state index is 4.69. The van der Waals surface area contributed by atoms with Crippen LogP contribution in [0.15, 0.2) is 79.5 Å². The van der Waals surface area contributed by atoms with Gasteiger partial charge in [0.25, 0.3) is 0 Å². The van der Waals surface area contributed by atoms with Crippen molar-refractivity contribution in [1.29, 1.82) is 0 Å². The molecule has 4 aromatic rings. The molecule has 0 atom stereocenters. The fourth-order valence-electron chi connectivity index (χ4n) is 6.48. The summed E-state index contributed by atoms with van der Waals surface area (Å²) < 4.78 is 2.37. The molecule has 6 rings (SSSR count). The number of fused-ring (bicyclic) bond motifs is 8. The van der Waals surface area contributed by atoms with E-state index in [1.807, 2.05) is 0 Å². The van der Waals surface area contributed by atoms with Gasteiger partial charge in [-0.2, -0.15) is 4.57 Å². The molecule has 0 N–H and O–H groups in total. The van der Waals surface area contributed by atoms with E-state index >= 15 is 0 Å². The maximum Gasteiger partial charge on any atom is 0.226 e. The third-order valence-corrected chi connectivity index (χ3v) is 8.40. The Labute approximate surface area is 191 Å². The van der Waals surface area contributed by atoms with E-state index in [2.05, 4.69) is 112 Å². The Morgan fingerprint density at radius 2 is 1.44 bits per heavy atom. The fourth-order valence-corrected chi connectivity index (χ4v) is 6.48. The zero-order chi connectivity index (χ0) is 22.3. The van der Waals surface area contributed by atoms with Gasteiger partial charge in [-0.05, 0) is 70.8 Å². The molecule has 0 saturated heterocycles. The normalized spacial score (nSPS) is 16.9. The van der Waals surface area contributed by atoms with Crippen molar-refractivity contribution in [2.24, 2.45) is 0 Å². The van der Waals surface area contributed by atoms with Crippen LogP contribution in [0.4, 0.5) is 0 Å². The molecule has 1 aliphatic heterocycles. The fraction of sp³-hybridized carbons (Fsp3) is 0.258. The van der Waals surface area contributed by atoms with Gasteiger partial charge in [0.2, 0.25) is 5.69 Å². The average molecular weight is 417 g/mol. The van der Waals surface area contributed by atoms with Crippen LogP contribution in [-0.2, 0) is 10.8 Å². The predicted octanol–water partition coefficient (Wildman–Crippen LogP) is 7.64. The quantitative estimate of drug-likeness (QED) is 0.296. The zero-order valence-electron chi connectivity index (χ0n) is 19.5. The van der Waals surface area contributed by atoms with Crippen molar-refractivity contribution < 1.29 is 4.57 Å². The summed E-state index contributed by atoms with van der Waals surface area (Å²) >= 11 is 0. The van der Waals surface area contributed by atoms with Crippen molar-refractivity contribution in [2.75, 3.05) is 0 Å². The first-order valence-electron chi connectivity index (χ1n) is 11.9. The lowest BCUT2D eigenvalue weighted by atomic mass is 9.67. The van der Waals surface area contributed by atoms with Crippen molar-refractivity contribution in [2.45, 2.75) is 51.4 Å². The second kappa shape index (κ2) is 6.42. The smallest absolute Gasteiger partial charge is 0.163 e. The van der Waals surface area contributed by atoms with Crippen molar-refractivity contribution in [3.8, 4) is 22.4 Å². The van der Waals surface area contributed by atoms with E-state index in [9.17, 15) is 0 Å². The number of hydrogen-bond donors (Lipinski definition) is 0. The van der Waals surface area contributed by atoms with Crippen LogP contribution < -0.4 is 4.57 Å². The van der Waals surface area contributed by atoms with Gasteiger partial charge in [-0.3, -0.25) is 0 Å². The Hall–Kier alpha value is -3.19. The van der Waals surface area contributed by atoms with E-state index in [-0.39, 0.29) is 10.8 Å². The molecular formula is C31H30N+. The van der Waals surface area contributed by atoms with Gasteiger partial charge in [0, 0.05) is 11.5 Å². The lowest BCUT2D eigenvalue weighted by Crippen LogP contribution is -2.48. The molecule has 0 amide bonds. The first-order valence-corrected chi connectivity index (χ1v) is 11.9. The second-order valence-corrected chi connectivity index (χ2v) is 9.97. The molecule has 158 valence electrons. The van der Waals surface area contributed by atoms with Gasteiger partial charge < -0.3 is 0 Å². The summed E-state index contributed by atoms with van der Waals surface area (Å²) in [5.41, 5.74) is 10.9. The summed E-state index contributed by atoms with van der Waals surface area (Å²) in [7, 11) is 0. The summed E-state index contributed by atoms with van der Waals surface area (Å²) in [6.07, 6.45) is 4.31. The molecule has 2 aliphatic rings. The van der Waals surface area contributed by atoms with Gasteiger partial charge >= 0.3 is 0 Å². The van der Waals surface area contributed by atoms with Crippen LogP contribution in [0.1, 0.15) is 57.2 Å². The molecule has 1 heteroatoms. The molecule has 0 spiro atoms. The first-order chi connectivity index (χ1) is 15.4. The van der Waals surface area contributed by atoms with Crippen molar-refractivity contribution >= 4 is 16.5 Å². The molecule has 0 saturated carbocycles. The largest absolute Gasteiger partial charge is 0.226 e. The predicted molar refractivity (Wildman–Crippen MR) is 135 cm³/mol. The van der Waals surface area contributed by atoms with Crippen molar-refractivity contribution in [3.05, 3.63) is 96.2 Å². The van der Waals surface area contributed by atoms with Crippen LogP contribution in [0.2, 0.25) is 0 Å². The Morgan fingerprint density at radius 3 is 2.22 bits per heavy atom. The van der Waals surface area contributed by atoms with Crippen LogP contribution in [0, 0.1) is 0 Å². The number of benzene rings is 3. The summed E-state index contributed by atoms with van der Waals surface area (Å²) in [6, 6.07) is 25.0. The highest BCUT2D eigenvalue weighted by Gasteiger charge is 2.48. The van der Waals surface area contributed by atoms with Gasteiger partial charge in [0.1, 0.15) is 0 Å². The van der Waals surface area contributed by atoms with Gasteiger partial charge in [0.15, 0.2) is 11.9 Å². The van der Waals surface area contributed by atoms with Crippen LogP contribution in [0.3, 0.4) is 0 Å². The van der Waals surface area contributed by atoms with Gasteiger partial charge in [-0.1, -0.05) is 70.2 Å². The summed E-state index contributed by atoms with van der Waals surface area (Å²) in [5.74, 6) is 0. The number of aromatic nitrogens is 1. The molecule has 3 aromatic carbocycles. The summed E-state index contributed by atoms with van der Waals surface area (Å²) in [5, 5.41) is 2.58. The van der Waals surface area contributed by atoms with Crippen LogP contribution in [0.5, 0.6) is 0 Å². The third-order valence-electron chi connectivity index (χ3n) is 8.40. The average Bonchev–Trinajstić information content (AvgIpc) is 3.05. The van der Waals surface area contributed by atoms with Crippen molar-refractivity contribution in [3.63, 3.8) is 0 Å². The topological polar surface area (TPSA) is 3.88 Å². The summed E-state index contributed by atoms with van der Waals surface area (Å²) in [6.45, 7) is 14.1. The van der Waals surface area contributed by atoms with Gasteiger partial charge in [0.05, 0.1) is 16.4 Å². The molecule has 1 nitrogen and oxygen atoms in total. The maximum atomic E-state index is 4.69. The van der Waals surface area contributed by atoms with E-state index in [1.165, 1.54) is 55.5 Å². The van der Waals surface area contributed by atoms with Crippen molar-refractivity contribution in [1.82, 2.24) is 0 Å². The molecule has 32 heavy (non-hydrogen) atoms. The van der Waals surface area contributed by atoms with E-state index in [0.717, 1.165) is 12.8 Å². The number of nitrogens with zero attached hydrogens (tertiary/aromatic N) is 1. The minimum absolute atomic E-state index is 0.00802. The highest BCUT2D eigenvalue weighted by atomic mass is 15.0. The van der Waals surface area contributed by atoms with E-state index < -0.39 is 0 Å². The molecule has 0 fully saturated rings. The second-order valence-electron chi connectivity index (χ2n) is 9.97. The van der Waals surface area contributed by atoms with E-state index in [4.69, 9.17) is 0 Å². The Bertz CT molecular complexity index is 1430. The number of rotatable bonds is 2. The highest BCUT2D eigenvalue weighted by molar-refractivity contribution is 5.97. The lowest BCUT2D eigenvalue weighted by molar-refractivity contribution is -0.576. The van der Waals surface area contributed by atoms with Crippen LogP contribution in [-0.4, -0.2) is 0 Å². The molecule has 2 heterocycles. The Morgan fingerprint density at radius 1 is 0.750 bits per heavy atom. The lowest BCUT2D eigenvalue weighted by Gasteiger charge is -2.37. The zero-order valence-corrected chi connectivity index (χ0v) is 19.5. The third kappa shape index (κ3) is 2.21. The number of allylic oxidation sites excluding steroid dienone is 1. The molecule has 0 unspecified atom stereocenters. The molecule has 0 bridgehead atoms. The minimum atomic E-state index is -0.0633. The summed E-state index contributed by atoms with van der Waals surface area (Å²) in [4.78, 5) is 0. The van der Waals surface area contributed by atoms with Gasteiger partial charge in [-0.15, -0.1) is 0 Å².